The molecule has 12 rings (SSSR count). The van der Waals surface area contributed by atoms with Crippen molar-refractivity contribution in [2.75, 3.05) is 0 Å². The van der Waals surface area contributed by atoms with E-state index >= 15 is 0 Å². The van der Waals surface area contributed by atoms with Crippen LogP contribution in [0.1, 0.15) is 33.4 Å². The van der Waals surface area contributed by atoms with E-state index in [4.69, 9.17) is 4.42 Å². The molecule has 1 aliphatic carbocycles. The fraction of sp³-hybridized carbons (Fsp3) is 0.0943. The Hall–Kier alpha value is -6.00. The van der Waals surface area contributed by atoms with Crippen LogP contribution in [0.5, 0.6) is 0 Å². The number of rotatable bonds is 0. The molecule has 0 aliphatic heterocycles. The predicted octanol–water partition coefficient (Wildman–Crippen LogP) is 16.2. The highest BCUT2D eigenvalue weighted by molar-refractivity contribution is 7.26. The molecule has 0 amide bonds. The van der Waals surface area contributed by atoms with Crippen molar-refractivity contribution in [2.45, 2.75) is 34.1 Å². The van der Waals surface area contributed by atoms with Crippen LogP contribution < -0.4 is 0 Å². The Bertz CT molecular complexity index is 3050. The molecule has 0 atom stereocenters. The molecule has 0 radical (unpaired) electrons. The van der Waals surface area contributed by atoms with Crippen LogP contribution >= 0.6 is 22.7 Å². The third-order valence-electron chi connectivity index (χ3n) is 10.7. The Morgan fingerprint density at radius 1 is 0.393 bits per heavy atom. The van der Waals surface area contributed by atoms with E-state index in [9.17, 15) is 0 Å². The van der Waals surface area contributed by atoms with Gasteiger partial charge in [-0.3, -0.25) is 0 Å². The van der Waals surface area contributed by atoms with Gasteiger partial charge in [0.25, 0.3) is 0 Å². The number of aryl methyl sites for hydroxylation is 4. The summed E-state index contributed by atoms with van der Waals surface area (Å²) in [6, 6.07) is 60.2. The van der Waals surface area contributed by atoms with Gasteiger partial charge in [-0.25, -0.2) is 0 Å². The number of fused-ring (bicyclic) bond motifs is 12. The van der Waals surface area contributed by atoms with Crippen molar-refractivity contribution >= 4 is 85.0 Å². The highest BCUT2D eigenvalue weighted by atomic mass is 32.1. The van der Waals surface area contributed by atoms with Crippen molar-refractivity contribution in [3.05, 3.63) is 203 Å². The molecule has 1 nitrogen and oxygen atoms in total. The number of para-hydroxylation sites is 2. The van der Waals surface area contributed by atoms with Gasteiger partial charge in [-0.15, -0.1) is 22.7 Å². The van der Waals surface area contributed by atoms with E-state index in [1.54, 1.807) is 0 Å². The van der Waals surface area contributed by atoms with Gasteiger partial charge in [0.1, 0.15) is 11.2 Å². The lowest BCUT2D eigenvalue weighted by Crippen LogP contribution is -1.80. The molecule has 56 heavy (non-hydrogen) atoms. The van der Waals surface area contributed by atoms with Gasteiger partial charge in [0.15, 0.2) is 0 Å². The van der Waals surface area contributed by atoms with Crippen LogP contribution in [0.15, 0.2) is 174 Å². The summed E-state index contributed by atoms with van der Waals surface area (Å²) in [5.74, 6) is 0. The molecular formula is C53H42OS2. The summed E-state index contributed by atoms with van der Waals surface area (Å²) < 4.78 is 11.4. The second kappa shape index (κ2) is 15.3. The Morgan fingerprint density at radius 3 is 1.79 bits per heavy atom. The second-order valence-electron chi connectivity index (χ2n) is 14.7. The maximum absolute atomic E-state index is 5.78. The second-order valence-corrected chi connectivity index (χ2v) is 16.8. The van der Waals surface area contributed by atoms with Crippen molar-refractivity contribution in [3.63, 3.8) is 0 Å². The lowest BCUT2D eigenvalue weighted by molar-refractivity contribution is 0.666. The van der Waals surface area contributed by atoms with E-state index in [1.807, 2.05) is 40.9 Å². The smallest absolute Gasteiger partial charge is 0.138 e. The molecule has 0 bridgehead atoms. The third kappa shape index (κ3) is 6.90. The van der Waals surface area contributed by atoms with E-state index in [0.29, 0.717) is 0 Å². The molecule has 0 unspecified atom stereocenters. The van der Waals surface area contributed by atoms with E-state index in [1.165, 1.54) is 95.6 Å². The molecule has 0 N–H and O–H groups in total. The van der Waals surface area contributed by atoms with Gasteiger partial charge in [0, 0.05) is 51.1 Å². The van der Waals surface area contributed by atoms with E-state index in [-0.39, 0.29) is 0 Å². The van der Waals surface area contributed by atoms with Gasteiger partial charge in [-0.05, 0) is 97.8 Å². The van der Waals surface area contributed by atoms with Crippen molar-refractivity contribution in [1.82, 2.24) is 0 Å². The molecule has 11 aromatic rings. The van der Waals surface area contributed by atoms with Gasteiger partial charge in [-0.2, -0.15) is 0 Å². The van der Waals surface area contributed by atoms with Crippen LogP contribution in [0.25, 0.3) is 73.4 Å². The fourth-order valence-electron chi connectivity index (χ4n) is 7.85. The van der Waals surface area contributed by atoms with Gasteiger partial charge in [0.05, 0.1) is 0 Å². The molecule has 3 heteroatoms. The first-order valence-corrected chi connectivity index (χ1v) is 20.8. The minimum atomic E-state index is 0.969. The van der Waals surface area contributed by atoms with E-state index < -0.39 is 0 Å². The van der Waals surface area contributed by atoms with Gasteiger partial charge >= 0.3 is 0 Å². The largest absolute Gasteiger partial charge is 0.456 e. The molecule has 8 aromatic carbocycles. The zero-order chi connectivity index (χ0) is 38.2. The molecule has 0 spiro atoms. The van der Waals surface area contributed by atoms with Crippen molar-refractivity contribution in [3.8, 4) is 11.1 Å². The van der Waals surface area contributed by atoms with Crippen LogP contribution in [-0.4, -0.2) is 0 Å². The fourth-order valence-corrected chi connectivity index (χ4v) is 10.1. The summed E-state index contributed by atoms with van der Waals surface area (Å²) >= 11 is 3.76. The summed E-state index contributed by atoms with van der Waals surface area (Å²) in [7, 11) is 0. The predicted molar refractivity (Wildman–Crippen MR) is 246 cm³/mol. The highest BCUT2D eigenvalue weighted by Gasteiger charge is 2.17. The third-order valence-corrected chi connectivity index (χ3v) is 13.2. The zero-order valence-corrected chi connectivity index (χ0v) is 33.7. The molecule has 3 aromatic heterocycles. The Labute approximate surface area is 336 Å². The Balaban J connectivity index is 0.0000000975. The average Bonchev–Trinajstić information content (AvgIpc) is 4.00. The maximum atomic E-state index is 5.78. The Morgan fingerprint density at radius 2 is 0.964 bits per heavy atom. The molecule has 1 aliphatic rings. The quantitative estimate of drug-likeness (QED) is 0.150. The van der Waals surface area contributed by atoms with Crippen molar-refractivity contribution < 1.29 is 4.42 Å². The Kier molecular flexibility index (Phi) is 9.73. The van der Waals surface area contributed by atoms with Crippen LogP contribution in [-0.2, 0) is 6.42 Å². The van der Waals surface area contributed by atoms with Crippen LogP contribution in [0, 0.1) is 27.7 Å². The normalized spacial score (nSPS) is 11.5. The summed E-state index contributed by atoms with van der Waals surface area (Å²) in [4.78, 5) is 0. The van der Waals surface area contributed by atoms with Crippen LogP contribution in [0.2, 0.25) is 0 Å². The highest BCUT2D eigenvalue weighted by Crippen LogP contribution is 2.38. The first-order valence-electron chi connectivity index (χ1n) is 19.2. The summed E-state index contributed by atoms with van der Waals surface area (Å²) in [5.41, 5.74) is 13.0. The minimum Gasteiger partial charge on any atom is -0.456 e. The SMILES string of the molecule is Cc1ccc2c(c1)-c1ccccc1C2.Cc1ccc2sc3ccccc3c2c1.Cc1cccc2c1oc1ccccc12.Cc1cccc2c1sc1ccccc12. The lowest BCUT2D eigenvalue weighted by Gasteiger charge is -2.01. The van der Waals surface area contributed by atoms with Gasteiger partial charge in [-0.1, -0.05) is 151 Å². The standard InChI is InChI=1S/C14H12.C13H10O.2C13H10S/c1-10-6-7-12-9-11-4-2-3-5-13(11)14(12)8-10;2*1-9-5-4-7-11-10-6-2-3-8-12(10)14-13(9)11;1-9-6-7-13-11(8-9)10-4-2-3-5-12(10)14-13/h2-8H,9H2,1H3;3*2-8H,1H3. The zero-order valence-electron chi connectivity index (χ0n) is 32.1. The number of hydrogen-bond acceptors (Lipinski definition) is 3. The summed E-state index contributed by atoms with van der Waals surface area (Å²) in [5, 5.41) is 7.97. The van der Waals surface area contributed by atoms with Crippen LogP contribution in [0.4, 0.5) is 0 Å². The molecule has 272 valence electrons. The summed E-state index contributed by atoms with van der Waals surface area (Å²) in [6.45, 7) is 8.55. The molecule has 3 heterocycles. The van der Waals surface area contributed by atoms with Gasteiger partial charge < -0.3 is 4.42 Å². The number of thiophene rings is 2. The minimum absolute atomic E-state index is 0.969. The number of hydrogen-bond donors (Lipinski definition) is 0. The average molecular weight is 759 g/mol. The van der Waals surface area contributed by atoms with Crippen molar-refractivity contribution in [2.24, 2.45) is 0 Å². The molecule has 0 saturated carbocycles. The molecule has 0 fully saturated rings. The first-order chi connectivity index (χ1) is 27.4. The maximum Gasteiger partial charge on any atom is 0.138 e. The monoisotopic (exact) mass is 758 g/mol. The van der Waals surface area contributed by atoms with Crippen LogP contribution in [0.3, 0.4) is 0 Å². The van der Waals surface area contributed by atoms with Crippen molar-refractivity contribution in [1.29, 1.82) is 0 Å². The summed E-state index contributed by atoms with van der Waals surface area (Å²) in [6.07, 6.45) is 1.10. The number of benzene rings is 8. The first kappa shape index (κ1) is 35.7. The van der Waals surface area contributed by atoms with Gasteiger partial charge in [0.2, 0.25) is 0 Å². The molecular weight excluding hydrogens is 717 g/mol. The topological polar surface area (TPSA) is 13.1 Å². The lowest BCUT2D eigenvalue weighted by atomic mass is 10.0. The number of furan rings is 1. The van der Waals surface area contributed by atoms with E-state index in [2.05, 4.69) is 179 Å². The molecule has 0 saturated heterocycles. The van der Waals surface area contributed by atoms with E-state index in [0.717, 1.165) is 17.6 Å².